The molecule has 1 aliphatic heterocycles. The highest BCUT2D eigenvalue weighted by atomic mass is 16.5. The predicted molar refractivity (Wildman–Crippen MR) is 51.4 cm³/mol. The van der Waals surface area contributed by atoms with Gasteiger partial charge in [-0.1, -0.05) is 6.42 Å². The fourth-order valence-corrected chi connectivity index (χ4v) is 1.82. The molecule has 2 heteroatoms. The van der Waals surface area contributed by atoms with Gasteiger partial charge in [-0.25, -0.2) is 0 Å². The molecule has 1 atom stereocenters. The number of likely N-dealkylation sites (tertiary alicyclic amines) is 1. The number of hydrogen-bond acceptors (Lipinski definition) is 2. The van der Waals surface area contributed by atoms with Crippen LogP contribution in [-0.2, 0) is 4.74 Å². The minimum Gasteiger partial charge on any atom is -0.380 e. The summed E-state index contributed by atoms with van der Waals surface area (Å²) in [5.74, 6) is 0. The van der Waals surface area contributed by atoms with Crippen LogP contribution in [0.2, 0.25) is 0 Å². The molecule has 0 amide bonds. The Morgan fingerprint density at radius 3 is 2.92 bits per heavy atom. The number of nitrogens with zero attached hydrogens (tertiary/aromatic N) is 1. The lowest BCUT2D eigenvalue weighted by molar-refractivity contribution is 0.0828. The monoisotopic (exact) mass is 171 g/mol. The number of piperidine rings is 1. The summed E-state index contributed by atoms with van der Waals surface area (Å²) >= 11 is 0. The van der Waals surface area contributed by atoms with Crippen molar-refractivity contribution in [1.29, 1.82) is 0 Å². The second-order valence-electron chi connectivity index (χ2n) is 3.58. The van der Waals surface area contributed by atoms with Crippen molar-refractivity contribution < 1.29 is 4.74 Å². The van der Waals surface area contributed by atoms with Gasteiger partial charge in [-0.2, -0.15) is 0 Å². The molecule has 0 aromatic rings. The van der Waals surface area contributed by atoms with Gasteiger partial charge < -0.3 is 4.74 Å². The molecule has 0 bridgehead atoms. The number of hydrogen-bond donors (Lipinski definition) is 0. The van der Waals surface area contributed by atoms with E-state index in [9.17, 15) is 0 Å². The van der Waals surface area contributed by atoms with Gasteiger partial charge in [0.15, 0.2) is 0 Å². The molecule has 0 aromatic heterocycles. The van der Waals surface area contributed by atoms with Crippen LogP contribution in [0.25, 0.3) is 0 Å². The van der Waals surface area contributed by atoms with Crippen LogP contribution in [0.4, 0.5) is 0 Å². The molecule has 0 aromatic carbocycles. The second-order valence-corrected chi connectivity index (χ2v) is 3.58. The lowest BCUT2D eigenvalue weighted by Crippen LogP contribution is -2.39. The van der Waals surface area contributed by atoms with Crippen LogP contribution < -0.4 is 0 Å². The Bertz CT molecular complexity index is 116. The predicted octanol–water partition coefficient (Wildman–Crippen LogP) is 1.90. The summed E-state index contributed by atoms with van der Waals surface area (Å²) in [6.45, 7) is 8.52. The summed E-state index contributed by atoms with van der Waals surface area (Å²) < 4.78 is 5.34. The summed E-state index contributed by atoms with van der Waals surface area (Å²) in [6.07, 6.45) is 4.15. The van der Waals surface area contributed by atoms with E-state index in [2.05, 4.69) is 18.7 Å². The molecule has 1 fully saturated rings. The molecule has 1 heterocycles. The molecular formula is C10H21NO. The van der Waals surface area contributed by atoms with Gasteiger partial charge in [0.1, 0.15) is 0 Å². The van der Waals surface area contributed by atoms with Crippen molar-refractivity contribution in [2.45, 2.75) is 39.2 Å². The highest BCUT2D eigenvalue weighted by Gasteiger charge is 2.16. The Labute approximate surface area is 75.9 Å². The second kappa shape index (κ2) is 5.55. The number of rotatable bonds is 4. The highest BCUT2D eigenvalue weighted by Crippen LogP contribution is 2.15. The number of ether oxygens (including phenoxy) is 1. The first kappa shape index (κ1) is 10.0. The maximum absolute atomic E-state index is 5.34. The first-order valence-corrected chi connectivity index (χ1v) is 5.16. The standard InChI is InChI=1S/C10H21NO/c1-3-12-9-8-11-7-5-4-6-10(11)2/h10H,3-9H2,1-2H3/t10-/m0/s1. The summed E-state index contributed by atoms with van der Waals surface area (Å²) in [4.78, 5) is 2.54. The molecule has 2 nitrogen and oxygen atoms in total. The quantitative estimate of drug-likeness (QED) is 0.599. The van der Waals surface area contributed by atoms with Crippen molar-refractivity contribution in [1.82, 2.24) is 4.90 Å². The van der Waals surface area contributed by atoms with Gasteiger partial charge in [-0.05, 0) is 33.2 Å². The van der Waals surface area contributed by atoms with Crippen LogP contribution in [0.5, 0.6) is 0 Å². The molecule has 1 aliphatic rings. The normalized spacial score (nSPS) is 26.0. The van der Waals surface area contributed by atoms with Gasteiger partial charge in [0, 0.05) is 19.2 Å². The maximum Gasteiger partial charge on any atom is 0.0593 e. The van der Waals surface area contributed by atoms with Crippen molar-refractivity contribution >= 4 is 0 Å². The van der Waals surface area contributed by atoms with E-state index in [-0.39, 0.29) is 0 Å². The Morgan fingerprint density at radius 2 is 2.25 bits per heavy atom. The molecule has 72 valence electrons. The summed E-state index contributed by atoms with van der Waals surface area (Å²) in [6, 6.07) is 0.777. The van der Waals surface area contributed by atoms with Crippen LogP contribution in [0.1, 0.15) is 33.1 Å². The Balaban J connectivity index is 2.11. The van der Waals surface area contributed by atoms with Crippen molar-refractivity contribution in [3.63, 3.8) is 0 Å². The SMILES string of the molecule is CCOCCN1CCCC[C@@H]1C. The molecule has 1 rings (SSSR count). The van der Waals surface area contributed by atoms with Gasteiger partial charge in [0.05, 0.1) is 6.61 Å². The first-order valence-electron chi connectivity index (χ1n) is 5.16. The van der Waals surface area contributed by atoms with E-state index < -0.39 is 0 Å². The van der Waals surface area contributed by atoms with Gasteiger partial charge >= 0.3 is 0 Å². The zero-order valence-electron chi connectivity index (χ0n) is 8.38. The van der Waals surface area contributed by atoms with Crippen LogP contribution in [0.3, 0.4) is 0 Å². The lowest BCUT2D eigenvalue weighted by Gasteiger charge is -2.33. The fraction of sp³-hybridized carbons (Fsp3) is 1.00. The molecule has 12 heavy (non-hydrogen) atoms. The molecule has 0 spiro atoms. The van der Waals surface area contributed by atoms with Gasteiger partial charge in [-0.3, -0.25) is 4.90 Å². The highest BCUT2D eigenvalue weighted by molar-refractivity contribution is 4.72. The minimum atomic E-state index is 0.777. The van der Waals surface area contributed by atoms with Crippen LogP contribution >= 0.6 is 0 Å². The van der Waals surface area contributed by atoms with Crippen molar-refractivity contribution in [2.75, 3.05) is 26.3 Å². The Kier molecular flexibility index (Phi) is 4.62. The van der Waals surface area contributed by atoms with E-state index >= 15 is 0 Å². The van der Waals surface area contributed by atoms with E-state index in [0.29, 0.717) is 0 Å². The first-order chi connectivity index (χ1) is 5.84. The molecule has 0 radical (unpaired) electrons. The largest absolute Gasteiger partial charge is 0.380 e. The Hall–Kier alpha value is -0.0800. The summed E-state index contributed by atoms with van der Waals surface area (Å²) in [7, 11) is 0. The van der Waals surface area contributed by atoms with Crippen molar-refractivity contribution in [2.24, 2.45) is 0 Å². The smallest absolute Gasteiger partial charge is 0.0593 e. The zero-order chi connectivity index (χ0) is 8.81. The van der Waals surface area contributed by atoms with Gasteiger partial charge in [0.2, 0.25) is 0 Å². The third-order valence-corrected chi connectivity index (χ3v) is 2.67. The van der Waals surface area contributed by atoms with Crippen LogP contribution in [0.15, 0.2) is 0 Å². The molecule has 0 saturated carbocycles. The molecule has 1 saturated heterocycles. The Morgan fingerprint density at radius 1 is 1.42 bits per heavy atom. The molecule has 0 unspecified atom stereocenters. The third-order valence-electron chi connectivity index (χ3n) is 2.67. The van der Waals surface area contributed by atoms with Gasteiger partial charge in [-0.15, -0.1) is 0 Å². The van der Waals surface area contributed by atoms with E-state index in [0.717, 1.165) is 25.8 Å². The molecule has 0 aliphatic carbocycles. The van der Waals surface area contributed by atoms with Crippen molar-refractivity contribution in [3.8, 4) is 0 Å². The van der Waals surface area contributed by atoms with E-state index in [1.165, 1.54) is 25.8 Å². The minimum absolute atomic E-state index is 0.777. The van der Waals surface area contributed by atoms with E-state index in [4.69, 9.17) is 4.74 Å². The molecular weight excluding hydrogens is 150 g/mol. The topological polar surface area (TPSA) is 12.5 Å². The fourth-order valence-electron chi connectivity index (χ4n) is 1.82. The van der Waals surface area contributed by atoms with Crippen molar-refractivity contribution in [3.05, 3.63) is 0 Å². The van der Waals surface area contributed by atoms with Crippen LogP contribution in [0, 0.1) is 0 Å². The van der Waals surface area contributed by atoms with E-state index in [1.807, 2.05) is 0 Å². The van der Waals surface area contributed by atoms with Crippen LogP contribution in [-0.4, -0.2) is 37.2 Å². The summed E-state index contributed by atoms with van der Waals surface area (Å²) in [5, 5.41) is 0. The maximum atomic E-state index is 5.34. The average Bonchev–Trinajstić information content (AvgIpc) is 2.09. The third kappa shape index (κ3) is 3.11. The summed E-state index contributed by atoms with van der Waals surface area (Å²) in [5.41, 5.74) is 0. The van der Waals surface area contributed by atoms with Gasteiger partial charge in [0.25, 0.3) is 0 Å². The molecule has 0 N–H and O–H groups in total. The lowest BCUT2D eigenvalue weighted by atomic mass is 10.0. The average molecular weight is 171 g/mol. The van der Waals surface area contributed by atoms with E-state index in [1.54, 1.807) is 0 Å². The zero-order valence-corrected chi connectivity index (χ0v) is 8.38.